The number of rotatable bonds is 3. The number of halogens is 4. The van der Waals surface area contributed by atoms with Crippen LogP contribution in [-0.4, -0.2) is 19.3 Å². The van der Waals surface area contributed by atoms with Crippen molar-refractivity contribution in [1.82, 2.24) is 0 Å². The standard InChI is InChI=1S/C14H14IO.C2HF3O2/c1-11-10-13(16-2)8-9-14(11)15-12-6-4-3-5-7-12;3-2(4,5)1(6)7/h3-10H,1-2H3;(H,6,7)/q+1;/p-1. The first-order chi connectivity index (χ1) is 10.7. The second-order valence-corrected chi connectivity index (χ2v) is 7.24. The van der Waals surface area contributed by atoms with Gasteiger partial charge in [0, 0.05) is 5.56 Å². The van der Waals surface area contributed by atoms with Crippen molar-refractivity contribution in [3.8, 4) is 5.75 Å². The normalized spacial score (nSPS) is 10.5. The molecular formula is C16H14F3IO3. The third-order valence-corrected chi connectivity index (χ3v) is 5.67. The van der Waals surface area contributed by atoms with Gasteiger partial charge in [0.2, 0.25) is 0 Å². The minimum absolute atomic E-state index is 0.0667. The molecule has 0 radical (unpaired) electrons. The molecule has 0 heterocycles. The number of methoxy groups -OCH3 is 1. The predicted octanol–water partition coefficient (Wildman–Crippen LogP) is -0.569. The highest BCUT2D eigenvalue weighted by Gasteiger charge is 2.28. The van der Waals surface area contributed by atoms with Crippen molar-refractivity contribution < 1.29 is 49.0 Å². The van der Waals surface area contributed by atoms with Gasteiger partial charge in [0.15, 0.2) is 7.14 Å². The van der Waals surface area contributed by atoms with Crippen LogP contribution in [0.3, 0.4) is 0 Å². The summed E-state index contributed by atoms with van der Waals surface area (Å²) >= 11 is -0.0667. The molecule has 2 rings (SSSR count). The van der Waals surface area contributed by atoms with E-state index in [0.29, 0.717) is 0 Å². The molecule has 0 aliphatic rings. The van der Waals surface area contributed by atoms with E-state index in [1.54, 1.807) is 7.11 Å². The van der Waals surface area contributed by atoms with Crippen molar-refractivity contribution in [1.29, 1.82) is 0 Å². The van der Waals surface area contributed by atoms with E-state index in [0.717, 1.165) is 5.75 Å². The van der Waals surface area contributed by atoms with Gasteiger partial charge in [-0.3, -0.25) is 0 Å². The van der Waals surface area contributed by atoms with Crippen LogP contribution in [0.15, 0.2) is 48.5 Å². The van der Waals surface area contributed by atoms with Crippen molar-refractivity contribution in [3.05, 3.63) is 61.2 Å². The summed E-state index contributed by atoms with van der Waals surface area (Å²) in [4.78, 5) is 8.78. The first-order valence-corrected chi connectivity index (χ1v) is 8.52. The van der Waals surface area contributed by atoms with Gasteiger partial charge in [-0.25, -0.2) is 0 Å². The molecule has 2 aromatic rings. The van der Waals surface area contributed by atoms with Crippen molar-refractivity contribution in [2.45, 2.75) is 13.1 Å². The van der Waals surface area contributed by atoms with Crippen molar-refractivity contribution >= 4 is 5.97 Å². The number of carbonyl (C=O) groups excluding carboxylic acids is 1. The number of hydrogen-bond donors (Lipinski definition) is 0. The summed E-state index contributed by atoms with van der Waals surface area (Å²) in [5.74, 6) is -2.06. The van der Waals surface area contributed by atoms with E-state index in [4.69, 9.17) is 14.6 Å². The SMILES string of the molecule is COc1ccc([I+]c2ccccc2)c(C)c1.O=C([O-])C(F)(F)F. The lowest BCUT2D eigenvalue weighted by atomic mass is 10.2. The molecule has 124 valence electrons. The van der Waals surface area contributed by atoms with Crippen molar-refractivity contribution in [2.75, 3.05) is 7.11 Å². The highest BCUT2D eigenvalue weighted by molar-refractivity contribution is 5.70. The number of aliphatic carboxylic acids is 1. The quantitative estimate of drug-likeness (QED) is 0.604. The molecule has 0 fully saturated rings. The van der Waals surface area contributed by atoms with Crippen LogP contribution in [0.2, 0.25) is 0 Å². The first-order valence-electron chi connectivity index (χ1n) is 6.36. The van der Waals surface area contributed by atoms with E-state index in [9.17, 15) is 13.2 Å². The highest BCUT2D eigenvalue weighted by atomic mass is 127. The van der Waals surface area contributed by atoms with Gasteiger partial charge < -0.3 is 14.6 Å². The van der Waals surface area contributed by atoms with Crippen molar-refractivity contribution in [2.24, 2.45) is 0 Å². The first kappa shape index (κ1) is 19.3. The maximum atomic E-state index is 10.5. The number of carbonyl (C=O) groups is 1. The molecule has 0 spiro atoms. The van der Waals surface area contributed by atoms with Crippen LogP contribution in [0, 0.1) is 14.1 Å². The Morgan fingerprint density at radius 3 is 2.13 bits per heavy atom. The van der Waals surface area contributed by atoms with Crippen LogP contribution in [0.1, 0.15) is 5.56 Å². The number of carboxylic acid groups (broad SMARTS) is 1. The molecule has 0 aromatic heterocycles. The van der Waals surface area contributed by atoms with E-state index in [1.807, 2.05) is 6.07 Å². The lowest BCUT2D eigenvalue weighted by Crippen LogP contribution is -3.61. The van der Waals surface area contributed by atoms with Gasteiger partial charge in [0.05, 0.1) is 7.11 Å². The molecule has 0 saturated carbocycles. The van der Waals surface area contributed by atoms with Crippen LogP contribution in [0.4, 0.5) is 13.2 Å². The molecule has 0 unspecified atom stereocenters. The summed E-state index contributed by atoms with van der Waals surface area (Å²) in [5, 5.41) is 8.78. The smallest absolute Gasteiger partial charge is 0.430 e. The third kappa shape index (κ3) is 6.89. The summed E-state index contributed by atoms with van der Waals surface area (Å²) in [6, 6.07) is 17.0. The highest BCUT2D eigenvalue weighted by Crippen LogP contribution is 2.12. The minimum Gasteiger partial charge on any atom is -0.542 e. The molecule has 0 N–H and O–H groups in total. The van der Waals surface area contributed by atoms with E-state index in [2.05, 4.69) is 49.4 Å². The Morgan fingerprint density at radius 2 is 1.70 bits per heavy atom. The van der Waals surface area contributed by atoms with Gasteiger partial charge in [-0.2, -0.15) is 13.2 Å². The zero-order valence-corrected chi connectivity index (χ0v) is 14.5. The van der Waals surface area contributed by atoms with E-state index in [1.165, 1.54) is 12.7 Å². The number of alkyl halides is 3. The fourth-order valence-corrected chi connectivity index (χ4v) is 3.83. The number of benzene rings is 2. The number of carboxylic acids is 1. The predicted molar refractivity (Wildman–Crippen MR) is 72.6 cm³/mol. The Bertz CT molecular complexity index is 643. The summed E-state index contributed by atoms with van der Waals surface area (Å²) in [6.07, 6.45) is -5.19. The number of hydrogen-bond acceptors (Lipinski definition) is 3. The summed E-state index contributed by atoms with van der Waals surface area (Å²) in [5.41, 5.74) is 1.33. The Labute approximate surface area is 142 Å². The largest absolute Gasteiger partial charge is 0.542 e. The van der Waals surface area contributed by atoms with Gasteiger partial charge in [-0.05, 0) is 37.3 Å². The molecule has 0 aliphatic heterocycles. The molecule has 0 aliphatic carbocycles. The fourth-order valence-electron chi connectivity index (χ4n) is 1.45. The lowest BCUT2D eigenvalue weighted by molar-refractivity contribution is -0.598. The average molecular weight is 438 g/mol. The lowest BCUT2D eigenvalue weighted by Gasteiger charge is -2.03. The average Bonchev–Trinajstić information content (AvgIpc) is 2.50. The Balaban J connectivity index is 0.000000322. The fraction of sp³-hybridized carbons (Fsp3) is 0.188. The molecule has 0 bridgehead atoms. The number of ether oxygens (including phenoxy) is 1. The van der Waals surface area contributed by atoms with Crippen molar-refractivity contribution in [3.63, 3.8) is 0 Å². The Kier molecular flexibility index (Phi) is 7.34. The molecule has 3 nitrogen and oxygen atoms in total. The second-order valence-electron chi connectivity index (χ2n) is 4.29. The third-order valence-electron chi connectivity index (χ3n) is 2.54. The van der Waals surface area contributed by atoms with E-state index in [-0.39, 0.29) is 21.2 Å². The maximum absolute atomic E-state index is 10.5. The maximum Gasteiger partial charge on any atom is 0.430 e. The van der Waals surface area contributed by atoms with Crippen LogP contribution in [0.5, 0.6) is 5.75 Å². The topological polar surface area (TPSA) is 49.4 Å². The van der Waals surface area contributed by atoms with Crippen LogP contribution >= 0.6 is 0 Å². The summed E-state index contributed by atoms with van der Waals surface area (Å²) in [7, 11) is 1.71. The Morgan fingerprint density at radius 1 is 1.13 bits per heavy atom. The molecular weight excluding hydrogens is 424 g/mol. The van der Waals surface area contributed by atoms with Crippen LogP contribution < -0.4 is 31.0 Å². The minimum atomic E-state index is -5.19. The molecule has 0 saturated heterocycles. The van der Waals surface area contributed by atoms with Gasteiger partial charge in [0.1, 0.15) is 11.7 Å². The zero-order valence-electron chi connectivity index (χ0n) is 12.4. The van der Waals surface area contributed by atoms with E-state index >= 15 is 0 Å². The Hall–Kier alpha value is -1.77. The van der Waals surface area contributed by atoms with Gasteiger partial charge >= 0.3 is 27.4 Å². The van der Waals surface area contributed by atoms with Crippen LogP contribution in [0.25, 0.3) is 0 Å². The molecule has 0 amide bonds. The zero-order chi connectivity index (χ0) is 17.5. The molecule has 23 heavy (non-hydrogen) atoms. The van der Waals surface area contributed by atoms with Crippen LogP contribution in [-0.2, 0) is 4.79 Å². The van der Waals surface area contributed by atoms with Gasteiger partial charge in [-0.15, -0.1) is 0 Å². The number of aryl methyl sites for hydroxylation is 1. The van der Waals surface area contributed by atoms with E-state index < -0.39 is 12.1 Å². The summed E-state index contributed by atoms with van der Waals surface area (Å²) in [6.45, 7) is 2.15. The molecule has 0 atom stereocenters. The molecule has 7 heteroatoms. The van der Waals surface area contributed by atoms with Gasteiger partial charge in [0.25, 0.3) is 0 Å². The molecule has 2 aromatic carbocycles. The second kappa shape index (κ2) is 8.76. The van der Waals surface area contributed by atoms with Gasteiger partial charge in [-0.1, -0.05) is 18.2 Å². The monoisotopic (exact) mass is 438 g/mol. The summed E-state index contributed by atoms with van der Waals surface area (Å²) < 4.78 is 39.7.